The number of carbonyl (C=O) groups is 2. The van der Waals surface area contributed by atoms with Crippen molar-refractivity contribution in [3.05, 3.63) is 12.3 Å². The molecular weight excluding hydrogens is 195 g/mol. The van der Waals surface area contributed by atoms with Crippen molar-refractivity contribution >= 4 is 35.1 Å². The fourth-order valence-corrected chi connectivity index (χ4v) is 0.330. The highest BCUT2D eigenvalue weighted by Crippen LogP contribution is 2.02. The summed E-state index contributed by atoms with van der Waals surface area (Å²) < 4.78 is 4.03. The van der Waals surface area contributed by atoms with Crippen molar-refractivity contribution in [1.29, 1.82) is 0 Å². The third-order valence-corrected chi connectivity index (χ3v) is 0.865. The van der Waals surface area contributed by atoms with Gasteiger partial charge < -0.3 is 9.84 Å². The van der Waals surface area contributed by atoms with Crippen molar-refractivity contribution in [3.63, 3.8) is 0 Å². The summed E-state index contributed by atoms with van der Waals surface area (Å²) in [6.07, 6.45) is 1.94. The Kier molecular flexibility index (Phi) is 4.65. The minimum Gasteiger partial charge on any atom is -0.473 e. The second kappa shape index (κ2) is 4.98. The standard InChI is InChI=1S/C5H4Cl2O4/c6-3(7)1-2-11-5(10)4(8)9/h1-3H,(H,8,9). The van der Waals surface area contributed by atoms with Gasteiger partial charge in [0.15, 0.2) is 0 Å². The summed E-state index contributed by atoms with van der Waals surface area (Å²) in [6, 6.07) is 0. The van der Waals surface area contributed by atoms with E-state index in [4.69, 9.17) is 28.3 Å². The average molecular weight is 199 g/mol. The van der Waals surface area contributed by atoms with Crippen molar-refractivity contribution < 1.29 is 19.4 Å². The van der Waals surface area contributed by atoms with Crippen LogP contribution in [0.1, 0.15) is 0 Å². The second-order valence-electron chi connectivity index (χ2n) is 1.37. The first-order valence-electron chi connectivity index (χ1n) is 2.42. The maximum Gasteiger partial charge on any atom is 0.422 e. The molecule has 11 heavy (non-hydrogen) atoms. The summed E-state index contributed by atoms with van der Waals surface area (Å²) >= 11 is 10.4. The van der Waals surface area contributed by atoms with Crippen LogP contribution in [0.2, 0.25) is 0 Å². The van der Waals surface area contributed by atoms with Gasteiger partial charge in [-0.2, -0.15) is 0 Å². The van der Waals surface area contributed by atoms with Crippen molar-refractivity contribution in [2.75, 3.05) is 0 Å². The number of ether oxygens (including phenoxy) is 1. The van der Waals surface area contributed by atoms with Gasteiger partial charge in [0.05, 0.1) is 6.26 Å². The van der Waals surface area contributed by atoms with E-state index in [1.165, 1.54) is 0 Å². The molecule has 0 aromatic carbocycles. The van der Waals surface area contributed by atoms with Gasteiger partial charge >= 0.3 is 11.9 Å². The lowest BCUT2D eigenvalue weighted by Crippen LogP contribution is -2.13. The molecule has 0 aliphatic heterocycles. The zero-order valence-corrected chi connectivity index (χ0v) is 6.67. The molecule has 0 rings (SSSR count). The summed E-state index contributed by atoms with van der Waals surface area (Å²) in [4.78, 5) is 19.1. The lowest BCUT2D eigenvalue weighted by molar-refractivity contribution is -0.160. The van der Waals surface area contributed by atoms with Gasteiger partial charge in [0, 0.05) is 0 Å². The first-order chi connectivity index (χ1) is 5.04. The van der Waals surface area contributed by atoms with E-state index < -0.39 is 16.8 Å². The Hall–Kier alpha value is -0.740. The summed E-state index contributed by atoms with van der Waals surface area (Å²) in [6.45, 7) is 0. The van der Waals surface area contributed by atoms with Crippen LogP contribution in [0.3, 0.4) is 0 Å². The summed E-state index contributed by atoms with van der Waals surface area (Å²) in [5, 5.41) is 7.97. The van der Waals surface area contributed by atoms with E-state index >= 15 is 0 Å². The molecule has 1 N–H and O–H groups in total. The van der Waals surface area contributed by atoms with Crippen LogP contribution in [0.25, 0.3) is 0 Å². The Morgan fingerprint density at radius 3 is 2.36 bits per heavy atom. The molecule has 0 aliphatic carbocycles. The topological polar surface area (TPSA) is 63.6 Å². The summed E-state index contributed by atoms with van der Waals surface area (Å²) in [5.41, 5.74) is 0. The third-order valence-electron chi connectivity index (χ3n) is 0.574. The van der Waals surface area contributed by atoms with E-state index in [1.54, 1.807) is 0 Å². The predicted octanol–water partition coefficient (Wildman–Crippen LogP) is 0.932. The number of hydrogen-bond donors (Lipinski definition) is 1. The molecule has 0 saturated heterocycles. The zero-order chi connectivity index (χ0) is 8.85. The van der Waals surface area contributed by atoms with Crippen molar-refractivity contribution in [2.45, 2.75) is 4.84 Å². The van der Waals surface area contributed by atoms with Crippen LogP contribution in [0, 0.1) is 0 Å². The Labute approximate surface area is 72.3 Å². The smallest absolute Gasteiger partial charge is 0.422 e. The quantitative estimate of drug-likeness (QED) is 0.311. The van der Waals surface area contributed by atoms with Crippen LogP contribution >= 0.6 is 23.2 Å². The fraction of sp³-hybridized carbons (Fsp3) is 0.200. The third kappa shape index (κ3) is 5.69. The Morgan fingerprint density at radius 2 is 2.00 bits per heavy atom. The molecule has 62 valence electrons. The maximum absolute atomic E-state index is 10.2. The van der Waals surface area contributed by atoms with E-state index in [2.05, 4.69) is 4.74 Å². The molecule has 0 atom stereocenters. The van der Waals surface area contributed by atoms with Gasteiger partial charge in [0.2, 0.25) is 0 Å². The highest BCUT2D eigenvalue weighted by molar-refractivity contribution is 6.45. The van der Waals surface area contributed by atoms with E-state index in [0.717, 1.165) is 12.3 Å². The van der Waals surface area contributed by atoms with Crippen molar-refractivity contribution in [1.82, 2.24) is 0 Å². The van der Waals surface area contributed by atoms with Gasteiger partial charge in [0.25, 0.3) is 0 Å². The van der Waals surface area contributed by atoms with Crippen LogP contribution < -0.4 is 0 Å². The van der Waals surface area contributed by atoms with Gasteiger partial charge in [-0.3, -0.25) is 0 Å². The minimum absolute atomic E-state index is 0.821. The molecule has 0 aliphatic rings. The number of alkyl halides is 2. The molecule has 0 heterocycles. The number of halogens is 2. The highest BCUT2D eigenvalue weighted by atomic mass is 35.5. The molecule has 0 fully saturated rings. The fourth-order valence-electron chi connectivity index (χ4n) is 0.211. The molecule has 0 unspecified atom stereocenters. The molecule has 0 bridgehead atoms. The van der Waals surface area contributed by atoms with Crippen LogP contribution in [-0.4, -0.2) is 21.9 Å². The van der Waals surface area contributed by atoms with E-state index in [-0.39, 0.29) is 0 Å². The number of allylic oxidation sites excluding steroid dienone is 1. The SMILES string of the molecule is O=C(O)C(=O)OC=CC(Cl)Cl. The largest absolute Gasteiger partial charge is 0.473 e. The molecular formula is C5H4Cl2O4. The molecule has 4 nitrogen and oxygen atoms in total. The Bertz CT molecular complexity index is 187. The maximum atomic E-state index is 10.2. The van der Waals surface area contributed by atoms with E-state index in [9.17, 15) is 9.59 Å². The van der Waals surface area contributed by atoms with Gasteiger partial charge in [0.1, 0.15) is 4.84 Å². The monoisotopic (exact) mass is 198 g/mol. The highest BCUT2D eigenvalue weighted by Gasteiger charge is 2.10. The van der Waals surface area contributed by atoms with E-state index in [0.29, 0.717) is 0 Å². The molecule has 0 radical (unpaired) electrons. The van der Waals surface area contributed by atoms with Crippen LogP contribution in [0.4, 0.5) is 0 Å². The number of carboxylic acids is 1. The lowest BCUT2D eigenvalue weighted by atomic mass is 10.7. The predicted molar refractivity (Wildman–Crippen MR) is 38.4 cm³/mol. The molecule has 0 amide bonds. The lowest BCUT2D eigenvalue weighted by Gasteiger charge is -1.91. The first-order valence-corrected chi connectivity index (χ1v) is 3.30. The van der Waals surface area contributed by atoms with E-state index in [1.807, 2.05) is 0 Å². The molecule has 0 aromatic heterocycles. The number of carboxylic acid groups (broad SMARTS) is 1. The van der Waals surface area contributed by atoms with Crippen LogP contribution in [0.5, 0.6) is 0 Å². The molecule has 0 aromatic rings. The molecule has 0 spiro atoms. The Morgan fingerprint density at radius 1 is 1.45 bits per heavy atom. The summed E-state index contributed by atoms with van der Waals surface area (Å²) in [7, 11) is 0. The summed E-state index contributed by atoms with van der Waals surface area (Å²) in [5.74, 6) is -3.05. The van der Waals surface area contributed by atoms with Gasteiger partial charge in [-0.1, -0.05) is 0 Å². The van der Waals surface area contributed by atoms with Crippen LogP contribution in [0.15, 0.2) is 12.3 Å². The number of carbonyl (C=O) groups excluding carboxylic acids is 1. The van der Waals surface area contributed by atoms with Gasteiger partial charge in [-0.25, -0.2) is 9.59 Å². The van der Waals surface area contributed by atoms with Gasteiger partial charge in [-0.15, -0.1) is 23.2 Å². The van der Waals surface area contributed by atoms with Crippen molar-refractivity contribution in [3.8, 4) is 0 Å². The van der Waals surface area contributed by atoms with Gasteiger partial charge in [-0.05, 0) is 6.08 Å². The normalized spacial score (nSPS) is 10.5. The number of rotatable bonds is 2. The average Bonchev–Trinajstić information content (AvgIpc) is 1.86. The van der Waals surface area contributed by atoms with Crippen molar-refractivity contribution in [2.24, 2.45) is 0 Å². The number of hydrogen-bond acceptors (Lipinski definition) is 3. The first kappa shape index (κ1) is 10.3. The minimum atomic E-state index is -1.67. The molecule has 0 saturated carbocycles. The second-order valence-corrected chi connectivity index (χ2v) is 2.54. The number of aliphatic carboxylic acids is 1. The molecule has 6 heteroatoms. The zero-order valence-electron chi connectivity index (χ0n) is 5.16. The number of esters is 1. The Balaban J connectivity index is 3.71. The van der Waals surface area contributed by atoms with Crippen LogP contribution in [-0.2, 0) is 14.3 Å².